The highest BCUT2D eigenvalue weighted by Gasteiger charge is 2.27. The molecule has 1 fully saturated rings. The van der Waals surface area contributed by atoms with Gasteiger partial charge in [-0.25, -0.2) is 9.37 Å². The van der Waals surface area contributed by atoms with Crippen molar-refractivity contribution in [2.24, 2.45) is 7.05 Å². The zero-order valence-corrected chi connectivity index (χ0v) is 15.5. The van der Waals surface area contributed by atoms with Gasteiger partial charge in [0.25, 0.3) is 5.91 Å². The fourth-order valence-electron chi connectivity index (χ4n) is 3.37. The van der Waals surface area contributed by atoms with E-state index in [-0.39, 0.29) is 17.8 Å². The average Bonchev–Trinajstić information content (AvgIpc) is 3.26. The smallest absolute Gasteiger partial charge is 0.257 e. The van der Waals surface area contributed by atoms with E-state index in [4.69, 9.17) is 0 Å². The van der Waals surface area contributed by atoms with Crippen LogP contribution in [-0.4, -0.2) is 51.8 Å². The van der Waals surface area contributed by atoms with Gasteiger partial charge in [-0.3, -0.25) is 9.48 Å². The van der Waals surface area contributed by atoms with Crippen molar-refractivity contribution >= 4 is 32.6 Å². The second kappa shape index (κ2) is 6.68. The van der Waals surface area contributed by atoms with Crippen LogP contribution in [0.15, 0.2) is 30.6 Å². The normalized spacial score (nSPS) is 15.6. The summed E-state index contributed by atoms with van der Waals surface area (Å²) in [5, 5.41) is 4.99. The van der Waals surface area contributed by atoms with Crippen molar-refractivity contribution in [2.75, 3.05) is 25.0 Å². The monoisotopic (exact) mass is 373 g/mol. The number of anilines is 1. The van der Waals surface area contributed by atoms with Crippen LogP contribution in [-0.2, 0) is 7.05 Å². The Hall–Kier alpha value is -2.48. The van der Waals surface area contributed by atoms with Gasteiger partial charge in [-0.2, -0.15) is 5.10 Å². The van der Waals surface area contributed by atoms with E-state index in [9.17, 15) is 9.18 Å². The van der Waals surface area contributed by atoms with Gasteiger partial charge in [-0.1, -0.05) is 11.3 Å². The predicted molar refractivity (Wildman–Crippen MR) is 100 cm³/mol. The van der Waals surface area contributed by atoms with Crippen LogP contribution in [0.1, 0.15) is 23.2 Å². The van der Waals surface area contributed by atoms with Gasteiger partial charge in [0.05, 0.1) is 22.0 Å². The largest absolute Gasteiger partial charge is 0.348 e. The van der Waals surface area contributed by atoms with Crippen LogP contribution in [0.4, 0.5) is 9.52 Å². The van der Waals surface area contributed by atoms with Gasteiger partial charge in [0.2, 0.25) is 0 Å². The number of hydrogen-bond donors (Lipinski definition) is 0. The maximum absolute atomic E-state index is 13.4. The Labute approximate surface area is 154 Å². The molecule has 4 rings (SSSR count). The zero-order chi connectivity index (χ0) is 18.3. The predicted octanol–water partition coefficient (Wildman–Crippen LogP) is 2.91. The molecule has 8 heteroatoms. The van der Waals surface area contributed by atoms with E-state index in [0.717, 1.165) is 41.3 Å². The molecule has 1 aromatic carbocycles. The summed E-state index contributed by atoms with van der Waals surface area (Å²) >= 11 is 1.52. The molecule has 1 aliphatic heterocycles. The van der Waals surface area contributed by atoms with E-state index in [1.165, 1.54) is 23.5 Å². The van der Waals surface area contributed by atoms with Crippen molar-refractivity contribution in [3.05, 3.63) is 42.0 Å². The van der Waals surface area contributed by atoms with Gasteiger partial charge < -0.3 is 9.80 Å². The van der Waals surface area contributed by atoms with Gasteiger partial charge >= 0.3 is 0 Å². The first-order valence-corrected chi connectivity index (χ1v) is 9.40. The van der Waals surface area contributed by atoms with E-state index in [2.05, 4.69) is 15.0 Å². The Kier molecular flexibility index (Phi) is 4.36. The number of piperidine rings is 1. The molecule has 1 saturated heterocycles. The molecule has 1 amide bonds. The Morgan fingerprint density at radius 1 is 1.35 bits per heavy atom. The van der Waals surface area contributed by atoms with Crippen LogP contribution in [0.2, 0.25) is 0 Å². The molecule has 0 saturated carbocycles. The number of aromatic nitrogens is 3. The molecule has 0 unspecified atom stereocenters. The molecule has 0 N–H and O–H groups in total. The maximum Gasteiger partial charge on any atom is 0.257 e. The third kappa shape index (κ3) is 3.16. The number of nitrogens with zero attached hydrogens (tertiary/aromatic N) is 5. The lowest BCUT2D eigenvalue weighted by Gasteiger charge is -2.36. The highest BCUT2D eigenvalue weighted by atomic mass is 32.1. The SMILES string of the molecule is CN(C(=O)c1cnn(C)c1)C1CCN(c2nc3ccc(F)cc3s2)CC1. The summed E-state index contributed by atoms with van der Waals surface area (Å²) in [7, 11) is 3.66. The quantitative estimate of drug-likeness (QED) is 0.708. The number of carbonyl (C=O) groups excluding carboxylic acids is 1. The van der Waals surface area contributed by atoms with Gasteiger partial charge in [0.15, 0.2) is 5.13 Å². The molecule has 0 atom stereocenters. The number of amides is 1. The molecule has 26 heavy (non-hydrogen) atoms. The zero-order valence-electron chi connectivity index (χ0n) is 14.7. The molecule has 2 aromatic heterocycles. The van der Waals surface area contributed by atoms with Gasteiger partial charge in [-0.15, -0.1) is 0 Å². The van der Waals surface area contributed by atoms with E-state index < -0.39 is 0 Å². The number of halogens is 1. The minimum Gasteiger partial charge on any atom is -0.348 e. The first-order valence-electron chi connectivity index (χ1n) is 8.58. The lowest BCUT2D eigenvalue weighted by atomic mass is 10.0. The van der Waals surface area contributed by atoms with Crippen molar-refractivity contribution in [1.29, 1.82) is 0 Å². The Morgan fingerprint density at radius 2 is 2.12 bits per heavy atom. The van der Waals surface area contributed by atoms with Crippen LogP contribution in [0.5, 0.6) is 0 Å². The van der Waals surface area contributed by atoms with Crippen molar-refractivity contribution in [1.82, 2.24) is 19.7 Å². The number of thiazole rings is 1. The minimum absolute atomic E-state index is 0.00649. The Balaban J connectivity index is 1.42. The number of aryl methyl sites for hydroxylation is 1. The number of rotatable bonds is 3. The molecule has 0 aliphatic carbocycles. The van der Waals surface area contributed by atoms with Crippen molar-refractivity contribution in [3.8, 4) is 0 Å². The average molecular weight is 373 g/mol. The van der Waals surface area contributed by atoms with E-state index >= 15 is 0 Å². The molecule has 0 radical (unpaired) electrons. The summed E-state index contributed by atoms with van der Waals surface area (Å²) in [4.78, 5) is 21.2. The van der Waals surface area contributed by atoms with Crippen molar-refractivity contribution < 1.29 is 9.18 Å². The number of carbonyl (C=O) groups is 1. The second-order valence-electron chi connectivity index (χ2n) is 6.65. The van der Waals surface area contributed by atoms with Crippen LogP contribution in [0, 0.1) is 5.82 Å². The second-order valence-corrected chi connectivity index (χ2v) is 7.65. The van der Waals surface area contributed by atoms with Crippen LogP contribution < -0.4 is 4.90 Å². The van der Waals surface area contributed by atoms with Crippen LogP contribution >= 0.6 is 11.3 Å². The first-order chi connectivity index (χ1) is 12.5. The molecule has 0 bridgehead atoms. The highest BCUT2D eigenvalue weighted by Crippen LogP contribution is 2.31. The first kappa shape index (κ1) is 17.0. The summed E-state index contributed by atoms with van der Waals surface area (Å²) in [6, 6.07) is 4.89. The van der Waals surface area contributed by atoms with Crippen molar-refractivity contribution in [3.63, 3.8) is 0 Å². The summed E-state index contributed by atoms with van der Waals surface area (Å²) in [6.45, 7) is 1.66. The minimum atomic E-state index is -0.234. The number of fused-ring (bicyclic) bond motifs is 1. The lowest BCUT2D eigenvalue weighted by molar-refractivity contribution is 0.0709. The van der Waals surface area contributed by atoms with Gasteiger partial charge in [0.1, 0.15) is 5.82 Å². The lowest BCUT2D eigenvalue weighted by Crippen LogP contribution is -2.45. The number of benzene rings is 1. The highest BCUT2D eigenvalue weighted by molar-refractivity contribution is 7.22. The molecule has 1 aliphatic rings. The standard InChI is InChI=1S/C18H20FN5OS/c1-22-11-12(10-20-22)17(25)23(2)14-5-7-24(8-6-14)18-21-15-4-3-13(19)9-16(15)26-18/h3-4,9-11,14H,5-8H2,1-2H3. The van der Waals surface area contributed by atoms with E-state index in [1.807, 2.05) is 11.9 Å². The van der Waals surface area contributed by atoms with E-state index in [1.54, 1.807) is 30.2 Å². The third-order valence-corrected chi connectivity index (χ3v) is 5.97. The van der Waals surface area contributed by atoms with Crippen molar-refractivity contribution in [2.45, 2.75) is 18.9 Å². The van der Waals surface area contributed by atoms with Crippen LogP contribution in [0.3, 0.4) is 0 Å². The fraction of sp³-hybridized carbons (Fsp3) is 0.389. The summed E-state index contributed by atoms with van der Waals surface area (Å²) in [5.41, 5.74) is 1.45. The maximum atomic E-state index is 13.4. The van der Waals surface area contributed by atoms with Gasteiger partial charge in [0, 0.05) is 39.4 Å². The summed E-state index contributed by atoms with van der Waals surface area (Å²) in [6.07, 6.45) is 5.11. The molecular formula is C18H20FN5OS. The van der Waals surface area contributed by atoms with Crippen LogP contribution in [0.25, 0.3) is 10.2 Å². The fourth-order valence-corrected chi connectivity index (χ4v) is 4.41. The molecule has 0 spiro atoms. The van der Waals surface area contributed by atoms with Gasteiger partial charge in [-0.05, 0) is 31.0 Å². The summed E-state index contributed by atoms with van der Waals surface area (Å²) in [5.74, 6) is -0.228. The van der Waals surface area contributed by atoms with E-state index in [0.29, 0.717) is 5.56 Å². The Morgan fingerprint density at radius 3 is 2.81 bits per heavy atom. The molecule has 3 heterocycles. The summed E-state index contributed by atoms with van der Waals surface area (Å²) < 4.78 is 15.9. The molecule has 3 aromatic rings. The number of hydrogen-bond acceptors (Lipinski definition) is 5. The molecule has 6 nitrogen and oxygen atoms in total. The third-order valence-electron chi connectivity index (χ3n) is 4.89. The molecular weight excluding hydrogens is 353 g/mol. The topological polar surface area (TPSA) is 54.3 Å². The molecule has 136 valence electrons. The Bertz CT molecular complexity index is 944.